The molecule has 0 aromatic heterocycles. The predicted octanol–water partition coefficient (Wildman–Crippen LogP) is -2.25. The molecule has 0 saturated heterocycles. The van der Waals surface area contributed by atoms with Gasteiger partial charge >= 0.3 is 29.6 Å². The summed E-state index contributed by atoms with van der Waals surface area (Å²) in [6, 6.07) is 6.79. The zero-order valence-corrected chi connectivity index (χ0v) is 11.9. The maximum Gasteiger partial charge on any atom is 1.00 e. The summed E-state index contributed by atoms with van der Waals surface area (Å²) in [4.78, 5) is -0.290. The van der Waals surface area contributed by atoms with Crippen LogP contribution in [0.25, 0.3) is 10.8 Å². The molecule has 0 heterocycles. The van der Waals surface area contributed by atoms with Crippen LogP contribution in [0.2, 0.25) is 0 Å². The summed E-state index contributed by atoms with van der Waals surface area (Å²) in [6.45, 7) is 0. The van der Waals surface area contributed by atoms with E-state index in [0.717, 1.165) is 0 Å². The van der Waals surface area contributed by atoms with Crippen molar-refractivity contribution in [2.45, 2.75) is 4.90 Å². The normalized spacial score (nSPS) is 11.1. The van der Waals surface area contributed by atoms with Crippen molar-refractivity contribution in [3.63, 3.8) is 0 Å². The average Bonchev–Trinajstić information content (AvgIpc) is 2.21. The van der Waals surface area contributed by atoms with Crippen LogP contribution in [-0.4, -0.2) is 13.0 Å². The SMILES string of the molecule is Nc1ccc2c(S(=O)(=O)O)cccc2c1[O-].[Na+]. The third-order valence-electron chi connectivity index (χ3n) is 2.28. The first kappa shape index (κ1) is 14.3. The number of hydrogen-bond donors (Lipinski definition) is 2. The molecule has 2 aromatic carbocycles. The summed E-state index contributed by atoms with van der Waals surface area (Å²) in [6.07, 6.45) is 0. The summed E-state index contributed by atoms with van der Waals surface area (Å²) >= 11 is 0. The minimum atomic E-state index is -4.34. The molecule has 2 rings (SSSR count). The van der Waals surface area contributed by atoms with E-state index < -0.39 is 15.9 Å². The van der Waals surface area contributed by atoms with Crippen LogP contribution >= 0.6 is 0 Å². The minimum absolute atomic E-state index is 0. The quantitative estimate of drug-likeness (QED) is 0.343. The summed E-state index contributed by atoms with van der Waals surface area (Å²) in [7, 11) is -4.34. The molecule has 17 heavy (non-hydrogen) atoms. The Morgan fingerprint density at radius 1 is 1.12 bits per heavy atom. The van der Waals surface area contributed by atoms with Crippen molar-refractivity contribution in [1.82, 2.24) is 0 Å². The molecule has 0 saturated carbocycles. The molecule has 2 aromatic rings. The van der Waals surface area contributed by atoms with Crippen LogP contribution in [0.15, 0.2) is 35.2 Å². The molecule has 0 atom stereocenters. The molecule has 5 nitrogen and oxygen atoms in total. The second-order valence-electron chi connectivity index (χ2n) is 3.31. The van der Waals surface area contributed by atoms with Gasteiger partial charge in [-0.15, -0.1) is 0 Å². The minimum Gasteiger partial charge on any atom is -0.871 e. The molecule has 0 amide bonds. The van der Waals surface area contributed by atoms with E-state index in [-0.39, 0.29) is 50.9 Å². The smallest absolute Gasteiger partial charge is 0.871 e. The largest absolute Gasteiger partial charge is 1.00 e. The van der Waals surface area contributed by atoms with Crippen molar-refractivity contribution < 1.29 is 47.6 Å². The molecule has 7 heteroatoms. The van der Waals surface area contributed by atoms with E-state index in [1.807, 2.05) is 0 Å². The molecule has 0 aliphatic rings. The monoisotopic (exact) mass is 261 g/mol. The zero-order chi connectivity index (χ0) is 11.9. The van der Waals surface area contributed by atoms with E-state index in [4.69, 9.17) is 10.3 Å². The van der Waals surface area contributed by atoms with Gasteiger partial charge < -0.3 is 10.8 Å². The van der Waals surface area contributed by atoms with Gasteiger partial charge in [0.1, 0.15) is 4.90 Å². The second-order valence-corrected chi connectivity index (χ2v) is 4.70. The van der Waals surface area contributed by atoms with Crippen LogP contribution < -0.4 is 40.4 Å². The Morgan fingerprint density at radius 2 is 1.76 bits per heavy atom. The average molecular weight is 261 g/mol. The van der Waals surface area contributed by atoms with Crippen molar-refractivity contribution in [1.29, 1.82) is 0 Å². The van der Waals surface area contributed by atoms with Crippen LogP contribution in [0.4, 0.5) is 5.69 Å². The van der Waals surface area contributed by atoms with Gasteiger partial charge in [0.15, 0.2) is 0 Å². The summed E-state index contributed by atoms with van der Waals surface area (Å²) in [5.74, 6) is -0.442. The predicted molar refractivity (Wildman–Crippen MR) is 57.6 cm³/mol. The van der Waals surface area contributed by atoms with Gasteiger partial charge in [0.25, 0.3) is 10.1 Å². The third-order valence-corrected chi connectivity index (χ3v) is 3.19. The van der Waals surface area contributed by atoms with Crippen LogP contribution in [0.1, 0.15) is 0 Å². The molecular weight excluding hydrogens is 253 g/mol. The van der Waals surface area contributed by atoms with Crippen LogP contribution in [0.5, 0.6) is 5.75 Å². The Morgan fingerprint density at radius 3 is 2.35 bits per heavy atom. The number of rotatable bonds is 1. The van der Waals surface area contributed by atoms with Gasteiger partial charge in [-0.1, -0.05) is 23.9 Å². The van der Waals surface area contributed by atoms with E-state index in [2.05, 4.69) is 0 Å². The molecule has 0 fully saturated rings. The Bertz CT molecular complexity index is 669. The van der Waals surface area contributed by atoms with Gasteiger partial charge in [-0.3, -0.25) is 4.55 Å². The number of hydrogen-bond acceptors (Lipinski definition) is 4. The molecule has 84 valence electrons. The Labute approximate surface area is 120 Å². The van der Waals surface area contributed by atoms with Gasteiger partial charge in [-0.25, -0.2) is 0 Å². The number of benzene rings is 2. The third kappa shape index (κ3) is 2.56. The first-order chi connectivity index (χ1) is 7.41. The summed E-state index contributed by atoms with van der Waals surface area (Å²) in [5.41, 5.74) is 5.46. The van der Waals surface area contributed by atoms with Gasteiger partial charge in [-0.2, -0.15) is 8.42 Å². The zero-order valence-electron chi connectivity index (χ0n) is 9.04. The molecular formula is C10H8NNaO4S. The van der Waals surface area contributed by atoms with E-state index in [0.29, 0.717) is 0 Å². The van der Waals surface area contributed by atoms with Gasteiger partial charge in [-0.05, 0) is 17.5 Å². The molecule has 0 unspecified atom stereocenters. The molecule has 0 radical (unpaired) electrons. The molecule has 0 aliphatic heterocycles. The van der Waals surface area contributed by atoms with Crippen LogP contribution in [0.3, 0.4) is 0 Å². The number of anilines is 1. The Balaban J connectivity index is 0.00000144. The summed E-state index contributed by atoms with van der Waals surface area (Å²) in [5, 5.41) is 12.0. The van der Waals surface area contributed by atoms with Gasteiger partial charge in [0.2, 0.25) is 0 Å². The fourth-order valence-corrected chi connectivity index (χ4v) is 2.25. The van der Waals surface area contributed by atoms with Crippen LogP contribution in [-0.2, 0) is 10.1 Å². The van der Waals surface area contributed by atoms with Crippen molar-refractivity contribution in [2.75, 3.05) is 5.73 Å². The molecule has 0 spiro atoms. The maximum absolute atomic E-state index is 11.6. The molecule has 0 bridgehead atoms. The topological polar surface area (TPSA) is 103 Å². The first-order valence-electron chi connectivity index (χ1n) is 4.37. The number of nitrogens with two attached hydrogens (primary N) is 1. The van der Waals surface area contributed by atoms with E-state index in [9.17, 15) is 13.5 Å². The van der Waals surface area contributed by atoms with E-state index in [1.165, 1.54) is 30.3 Å². The fraction of sp³-hybridized carbons (Fsp3) is 0. The van der Waals surface area contributed by atoms with E-state index >= 15 is 0 Å². The number of fused-ring (bicyclic) bond motifs is 1. The standard InChI is InChI=1S/C10H9NO4S.Na/c11-8-5-4-6-7(10(8)12)2-1-3-9(6)16(13,14)15;/h1-5,12H,11H2,(H,13,14,15);/q;+1/p-1. The van der Waals surface area contributed by atoms with Gasteiger partial charge in [0, 0.05) is 11.1 Å². The first-order valence-corrected chi connectivity index (χ1v) is 5.81. The van der Waals surface area contributed by atoms with E-state index in [1.54, 1.807) is 0 Å². The fourth-order valence-electron chi connectivity index (χ4n) is 1.54. The van der Waals surface area contributed by atoms with Crippen molar-refractivity contribution in [3.05, 3.63) is 30.3 Å². The van der Waals surface area contributed by atoms with Crippen molar-refractivity contribution in [2.24, 2.45) is 0 Å². The Hall–Kier alpha value is -0.790. The Kier molecular flexibility index (Phi) is 4.06. The second kappa shape index (κ2) is 4.83. The number of nitrogen functional groups attached to an aromatic ring is 1. The summed E-state index contributed by atoms with van der Waals surface area (Å²) < 4.78 is 31.1. The molecule has 0 aliphatic carbocycles. The van der Waals surface area contributed by atoms with Crippen molar-refractivity contribution in [3.8, 4) is 5.75 Å². The van der Waals surface area contributed by atoms with Crippen LogP contribution in [0, 0.1) is 0 Å². The van der Waals surface area contributed by atoms with Crippen molar-refractivity contribution >= 4 is 26.6 Å². The van der Waals surface area contributed by atoms with Gasteiger partial charge in [0.05, 0.1) is 0 Å². The molecule has 3 N–H and O–H groups in total. The maximum atomic E-state index is 11.6.